The number of rotatable bonds is 14. The number of fused-ring (bicyclic) bond motifs is 9. The van der Waals surface area contributed by atoms with Gasteiger partial charge in [0, 0.05) is 79.5 Å². The van der Waals surface area contributed by atoms with Gasteiger partial charge in [0.05, 0.1) is 5.83 Å². The largest absolute Gasteiger partial charge is 0.318 e. The van der Waals surface area contributed by atoms with Gasteiger partial charge in [-0.25, -0.2) is 26.3 Å². The van der Waals surface area contributed by atoms with E-state index in [0.29, 0.717) is 54.8 Å². The number of hydrogen-bond donors (Lipinski definition) is 0. The first-order valence-electron chi connectivity index (χ1n) is 37.0. The zero-order chi connectivity index (χ0) is 67.3. The number of halogens is 6. The van der Waals surface area contributed by atoms with Crippen molar-refractivity contribution < 1.29 is 26.3 Å². The molecule has 0 N–H and O–H groups in total. The van der Waals surface area contributed by atoms with Gasteiger partial charge < -0.3 is 9.80 Å². The van der Waals surface area contributed by atoms with Crippen LogP contribution < -0.4 is 9.80 Å². The lowest BCUT2D eigenvalue weighted by molar-refractivity contribution is 0.103. The molecule has 1 heterocycles. The third kappa shape index (κ3) is 11.0. The van der Waals surface area contributed by atoms with Crippen LogP contribution in [-0.2, 0) is 5.41 Å². The molecular weight excluding hydrogens is 1260 g/mol. The second kappa shape index (κ2) is 26.3. The summed E-state index contributed by atoms with van der Waals surface area (Å²) < 4.78 is 93.7. The van der Waals surface area contributed by atoms with Gasteiger partial charge in [-0.3, -0.25) is 0 Å². The van der Waals surface area contributed by atoms with Crippen LogP contribution in [0.3, 0.4) is 0 Å². The van der Waals surface area contributed by atoms with E-state index in [0.717, 1.165) is 110 Å². The zero-order valence-corrected chi connectivity index (χ0v) is 57.2. The summed E-state index contributed by atoms with van der Waals surface area (Å²) in [6, 6.07) is 17.8. The Hall–Kier alpha value is -7.75. The van der Waals surface area contributed by atoms with E-state index in [-0.39, 0.29) is 87.9 Å². The van der Waals surface area contributed by atoms with E-state index in [1.54, 1.807) is 24.3 Å². The summed E-state index contributed by atoms with van der Waals surface area (Å²) in [4.78, 5) is 5.53. The second-order valence-corrected chi connectivity index (χ2v) is 31.9. The van der Waals surface area contributed by atoms with Crippen LogP contribution in [-0.4, -0.2) is 11.4 Å². The molecule has 0 aromatic heterocycles. The Morgan fingerprint density at radius 2 is 1.39 bits per heavy atom. The molecule has 17 rings (SSSR count). The standard InChI is InChI=1S/C90H88F6N2S/c1-3-55-13-17-57(18-14-55)59-21-25-61(26-22-59)89(63-29-33-65(91)34-30-63)79-11-7-5-9-73(79)75-43-37-69(51-81(75)89)97(71-39-45-83(93)85(95)53-71)67-41-47-87-77(49-67)78-50-68(42-48-88(78)99-87)98(72-40-46-84(94)86(96)54-72)70-38-44-76-74-10-6-8-12-80(74)90(82(76)52-70,64-31-35-66(92)36-32-64)62-27-23-60(24-28-62)58-19-15-56(4-2)16-20-58/h3-7,9-11,13,17-19,23-25,27,31,33,35-41,43-47,49-53,55-56,59,62-64,73-75,78-81,86,88H,1-2,8,12,14-16,20-22,26,28-30,32,34,42,48,54H2. The lowest BCUT2D eigenvalue weighted by Crippen LogP contribution is -2.46. The Morgan fingerprint density at radius 1 is 0.566 bits per heavy atom. The monoisotopic (exact) mass is 1340 g/mol. The van der Waals surface area contributed by atoms with Crippen LogP contribution in [0.5, 0.6) is 0 Å². The fourth-order valence-electron chi connectivity index (χ4n) is 21.5. The molecule has 0 amide bonds. The molecule has 0 bridgehead atoms. The van der Waals surface area contributed by atoms with Crippen molar-refractivity contribution in [2.75, 3.05) is 9.80 Å². The molecular formula is C90H88F6N2S. The van der Waals surface area contributed by atoms with E-state index in [1.165, 1.54) is 51.6 Å². The summed E-state index contributed by atoms with van der Waals surface area (Å²) in [6.07, 6.45) is 69.3. The van der Waals surface area contributed by atoms with Crippen LogP contribution in [0.1, 0.15) is 138 Å². The predicted molar refractivity (Wildman–Crippen MR) is 393 cm³/mol. The molecule has 506 valence electrons. The first kappa shape index (κ1) is 64.6. The Kier molecular flexibility index (Phi) is 17.2. The molecule has 0 spiro atoms. The van der Waals surface area contributed by atoms with E-state index in [1.807, 2.05) is 23.9 Å². The van der Waals surface area contributed by atoms with Gasteiger partial charge in [0.1, 0.15) is 11.7 Å². The number of thioether (sulfide) groups is 1. The lowest BCUT2D eigenvalue weighted by Gasteiger charge is -2.51. The normalized spacial score (nSPS) is 35.2. The first-order chi connectivity index (χ1) is 48.4. The van der Waals surface area contributed by atoms with Crippen molar-refractivity contribution in [1.29, 1.82) is 0 Å². The average molecular weight is 1340 g/mol. The quantitative estimate of drug-likeness (QED) is 0.117. The number of nitrogens with zero attached hydrogens (tertiary/aromatic N) is 2. The molecule has 1 saturated carbocycles. The average Bonchev–Trinajstić information content (AvgIpc) is 1.56. The van der Waals surface area contributed by atoms with Gasteiger partial charge >= 0.3 is 0 Å². The molecule has 1 fully saturated rings. The molecule has 14 aliphatic rings. The Morgan fingerprint density at radius 3 is 2.14 bits per heavy atom. The minimum absolute atomic E-state index is 0.00529. The third-order valence-electron chi connectivity index (χ3n) is 26.1. The molecule has 3 aromatic carbocycles. The topological polar surface area (TPSA) is 6.48 Å². The van der Waals surface area contributed by atoms with E-state index < -0.39 is 29.0 Å². The molecule has 9 heteroatoms. The maximum Gasteiger partial charge on any atom is 0.160 e. The van der Waals surface area contributed by atoms with Crippen LogP contribution in [0.15, 0.2) is 287 Å². The number of hydrogen-bond acceptors (Lipinski definition) is 3. The van der Waals surface area contributed by atoms with Crippen LogP contribution in [0.4, 0.5) is 43.4 Å². The van der Waals surface area contributed by atoms with Gasteiger partial charge in [0.15, 0.2) is 17.8 Å². The molecule has 2 nitrogen and oxygen atoms in total. The van der Waals surface area contributed by atoms with Crippen molar-refractivity contribution >= 4 is 28.8 Å². The van der Waals surface area contributed by atoms with E-state index in [9.17, 15) is 0 Å². The third-order valence-corrected chi connectivity index (χ3v) is 27.5. The van der Waals surface area contributed by atoms with Crippen molar-refractivity contribution in [2.45, 2.75) is 143 Å². The summed E-state index contributed by atoms with van der Waals surface area (Å²) in [5.74, 6) is -0.414. The highest BCUT2D eigenvalue weighted by molar-refractivity contribution is 8.00. The van der Waals surface area contributed by atoms with Crippen LogP contribution in [0, 0.1) is 82.1 Å². The minimum Gasteiger partial charge on any atom is -0.318 e. The molecule has 17 unspecified atom stereocenters. The second-order valence-electron chi connectivity index (χ2n) is 30.6. The molecule has 3 aromatic rings. The van der Waals surface area contributed by atoms with Crippen molar-refractivity contribution in [3.8, 4) is 0 Å². The van der Waals surface area contributed by atoms with Crippen LogP contribution in [0.25, 0.3) is 0 Å². The van der Waals surface area contributed by atoms with Crippen molar-refractivity contribution in [3.63, 3.8) is 0 Å². The molecule has 13 aliphatic carbocycles. The fourth-order valence-corrected chi connectivity index (χ4v) is 22.9. The van der Waals surface area contributed by atoms with Crippen LogP contribution in [0.2, 0.25) is 0 Å². The predicted octanol–water partition coefficient (Wildman–Crippen LogP) is 24.6. The SMILES string of the molecule is C=CC1C=CC(C2CC=C(C3(C4CC=C(F)CC4)C4C=CC=CC4C4C=CC(N(c5ccc(F)c(F)c5)c5ccc6c(c5)C5C=C(N(C7=CC=C(F)C(F)C7)c7ccc8c(c7)C(C7C=CC(F)=CC7)(C7C=CC(C9=CCC(C=C)CC9)=CC7)C7CCC=CC87)CCC5S6)=CC43)CC2)=CC1. The van der Waals surface area contributed by atoms with E-state index in [2.05, 4.69) is 181 Å². The fraction of sp³-hybridized carbons (Fsp3) is 0.378. The van der Waals surface area contributed by atoms with E-state index >= 15 is 26.3 Å². The number of alkyl halides is 1. The summed E-state index contributed by atoms with van der Waals surface area (Å²) in [6.45, 7) is 8.15. The lowest BCUT2D eigenvalue weighted by atomic mass is 9.53. The minimum atomic E-state index is -1.80. The Labute approximate surface area is 585 Å². The summed E-state index contributed by atoms with van der Waals surface area (Å²) in [5, 5.41) is 0.187. The van der Waals surface area contributed by atoms with Gasteiger partial charge in [-0.1, -0.05) is 139 Å². The molecule has 0 saturated heterocycles. The molecule has 1 aliphatic heterocycles. The van der Waals surface area contributed by atoms with Gasteiger partial charge in [0.2, 0.25) is 0 Å². The Balaban J connectivity index is 0.763. The van der Waals surface area contributed by atoms with Crippen molar-refractivity contribution in [3.05, 3.63) is 311 Å². The molecule has 99 heavy (non-hydrogen) atoms. The van der Waals surface area contributed by atoms with Crippen LogP contribution >= 0.6 is 11.8 Å². The smallest absolute Gasteiger partial charge is 0.160 e. The van der Waals surface area contributed by atoms with E-state index in [4.69, 9.17) is 0 Å². The van der Waals surface area contributed by atoms with Gasteiger partial charge in [0.25, 0.3) is 0 Å². The first-order valence-corrected chi connectivity index (χ1v) is 37.9. The van der Waals surface area contributed by atoms with Crippen molar-refractivity contribution in [1.82, 2.24) is 0 Å². The number of anilines is 3. The molecule has 0 radical (unpaired) electrons. The number of benzene rings is 3. The van der Waals surface area contributed by atoms with Gasteiger partial charge in [-0.05, 0) is 274 Å². The Bertz CT molecular complexity index is 4390. The summed E-state index contributed by atoms with van der Waals surface area (Å²) >= 11 is 1.88. The highest BCUT2D eigenvalue weighted by Gasteiger charge is 2.63. The zero-order valence-electron chi connectivity index (χ0n) is 56.4. The highest BCUT2D eigenvalue weighted by atomic mass is 32.2. The maximum atomic E-state index is 16.2. The summed E-state index contributed by atoms with van der Waals surface area (Å²) in [5.41, 5.74) is 13.4. The highest BCUT2D eigenvalue weighted by Crippen LogP contribution is 2.70. The maximum absolute atomic E-state index is 16.2. The van der Waals surface area contributed by atoms with Crippen molar-refractivity contribution in [2.24, 2.45) is 70.5 Å². The summed E-state index contributed by atoms with van der Waals surface area (Å²) in [7, 11) is 0. The van der Waals surface area contributed by atoms with Gasteiger partial charge in [-0.15, -0.1) is 24.9 Å². The number of allylic oxidation sites excluding steroid dienone is 35. The van der Waals surface area contributed by atoms with Gasteiger partial charge in [-0.2, -0.15) is 0 Å². The molecule has 17 atom stereocenters.